The summed E-state index contributed by atoms with van der Waals surface area (Å²) in [4.78, 5) is 0. The van der Waals surface area contributed by atoms with Crippen LogP contribution in [0.3, 0.4) is 0 Å². The van der Waals surface area contributed by atoms with Gasteiger partial charge in [-0.15, -0.1) is 0 Å². The van der Waals surface area contributed by atoms with Crippen molar-refractivity contribution >= 4 is 5.69 Å². The number of hydrogen-bond acceptors (Lipinski definition) is 3. The normalized spacial score (nSPS) is 10.6. The minimum atomic E-state index is 0.330. The summed E-state index contributed by atoms with van der Waals surface area (Å²) in [7, 11) is 0. The minimum Gasteiger partial charge on any atom is -0.508 e. The van der Waals surface area contributed by atoms with Gasteiger partial charge in [0.05, 0.1) is 6.20 Å². The molecule has 0 unspecified atom stereocenters. The van der Waals surface area contributed by atoms with Gasteiger partial charge in [0.15, 0.2) is 0 Å². The van der Waals surface area contributed by atoms with E-state index in [4.69, 9.17) is 0 Å². The highest BCUT2D eigenvalue weighted by molar-refractivity contribution is 5.50. The summed E-state index contributed by atoms with van der Waals surface area (Å²) >= 11 is 0. The summed E-state index contributed by atoms with van der Waals surface area (Å²) in [6.07, 6.45) is 5.03. The zero-order chi connectivity index (χ0) is 13.0. The van der Waals surface area contributed by atoms with Gasteiger partial charge < -0.3 is 10.4 Å². The Morgan fingerprint density at radius 3 is 2.94 bits per heavy atom. The molecule has 0 aliphatic carbocycles. The Balaban J connectivity index is 1.95. The van der Waals surface area contributed by atoms with Crippen molar-refractivity contribution in [3.05, 3.63) is 41.7 Å². The molecule has 1 aromatic heterocycles. The van der Waals surface area contributed by atoms with E-state index in [1.807, 2.05) is 29.9 Å². The standard InChI is InChI=1S/C14H19N3O/c1-3-6-17-10-12(9-16-17)8-15-13-4-5-14(18)11(2)7-13/h4-5,7,9-10,15,18H,3,6,8H2,1-2H3. The molecule has 0 radical (unpaired) electrons. The average molecular weight is 245 g/mol. The number of phenolic OH excluding ortho intramolecular Hbond substituents is 1. The first-order chi connectivity index (χ1) is 8.69. The monoisotopic (exact) mass is 245 g/mol. The van der Waals surface area contributed by atoms with Crippen LogP contribution in [-0.2, 0) is 13.1 Å². The molecule has 0 spiro atoms. The van der Waals surface area contributed by atoms with E-state index in [1.54, 1.807) is 6.07 Å². The van der Waals surface area contributed by atoms with Gasteiger partial charge in [0.25, 0.3) is 0 Å². The Morgan fingerprint density at radius 1 is 1.39 bits per heavy atom. The van der Waals surface area contributed by atoms with E-state index in [0.29, 0.717) is 5.75 Å². The van der Waals surface area contributed by atoms with Gasteiger partial charge >= 0.3 is 0 Å². The predicted molar refractivity (Wildman–Crippen MR) is 72.7 cm³/mol. The zero-order valence-corrected chi connectivity index (χ0v) is 10.8. The SMILES string of the molecule is CCCn1cc(CNc2ccc(O)c(C)c2)cn1. The summed E-state index contributed by atoms with van der Waals surface area (Å²) < 4.78 is 1.96. The summed E-state index contributed by atoms with van der Waals surface area (Å²) in [5.41, 5.74) is 3.05. The number of benzene rings is 1. The molecule has 0 bridgehead atoms. The van der Waals surface area contributed by atoms with Crippen LogP contribution in [0.5, 0.6) is 5.75 Å². The van der Waals surface area contributed by atoms with Crippen molar-refractivity contribution in [3.8, 4) is 5.75 Å². The second kappa shape index (κ2) is 5.58. The van der Waals surface area contributed by atoms with E-state index >= 15 is 0 Å². The van der Waals surface area contributed by atoms with E-state index in [1.165, 1.54) is 0 Å². The molecule has 0 fully saturated rings. The number of aromatic hydroxyl groups is 1. The van der Waals surface area contributed by atoms with Crippen LogP contribution in [0.1, 0.15) is 24.5 Å². The average Bonchev–Trinajstić information content (AvgIpc) is 2.79. The fourth-order valence-electron chi connectivity index (χ4n) is 1.82. The molecule has 0 atom stereocenters. The molecule has 4 nitrogen and oxygen atoms in total. The molecule has 0 saturated heterocycles. The largest absolute Gasteiger partial charge is 0.508 e. The lowest BCUT2D eigenvalue weighted by Crippen LogP contribution is -1.99. The first-order valence-electron chi connectivity index (χ1n) is 6.24. The first kappa shape index (κ1) is 12.5. The number of rotatable bonds is 5. The number of hydrogen-bond donors (Lipinski definition) is 2. The Bertz CT molecular complexity index is 520. The molecule has 0 aliphatic rings. The maximum atomic E-state index is 9.45. The first-order valence-corrected chi connectivity index (χ1v) is 6.24. The maximum Gasteiger partial charge on any atom is 0.118 e. The van der Waals surface area contributed by atoms with Gasteiger partial charge in [0.1, 0.15) is 5.75 Å². The van der Waals surface area contributed by atoms with Crippen LogP contribution in [-0.4, -0.2) is 14.9 Å². The lowest BCUT2D eigenvalue weighted by atomic mass is 10.2. The quantitative estimate of drug-likeness (QED) is 0.796. The van der Waals surface area contributed by atoms with Crippen molar-refractivity contribution in [3.63, 3.8) is 0 Å². The summed E-state index contributed by atoms with van der Waals surface area (Å²) in [6, 6.07) is 5.52. The Hall–Kier alpha value is -1.97. The summed E-state index contributed by atoms with van der Waals surface area (Å²) in [5, 5.41) is 17.1. The maximum absolute atomic E-state index is 9.45. The third-order valence-corrected chi connectivity index (χ3v) is 2.83. The number of phenols is 1. The number of aromatic nitrogens is 2. The molecule has 18 heavy (non-hydrogen) atoms. The number of nitrogens with one attached hydrogen (secondary N) is 1. The lowest BCUT2D eigenvalue weighted by Gasteiger charge is -2.06. The lowest BCUT2D eigenvalue weighted by molar-refractivity contribution is 0.471. The third kappa shape index (κ3) is 3.03. The Labute approximate surface area is 107 Å². The van der Waals surface area contributed by atoms with Gasteiger partial charge in [0.2, 0.25) is 0 Å². The van der Waals surface area contributed by atoms with Gasteiger partial charge in [-0.3, -0.25) is 4.68 Å². The highest BCUT2D eigenvalue weighted by Crippen LogP contribution is 2.20. The summed E-state index contributed by atoms with van der Waals surface area (Å²) in [5.74, 6) is 0.330. The molecule has 2 N–H and O–H groups in total. The van der Waals surface area contributed by atoms with Crippen molar-refractivity contribution in [2.75, 3.05) is 5.32 Å². The highest BCUT2D eigenvalue weighted by atomic mass is 16.3. The van der Waals surface area contributed by atoms with Crippen molar-refractivity contribution in [2.24, 2.45) is 0 Å². The van der Waals surface area contributed by atoms with Crippen LogP contribution < -0.4 is 5.32 Å². The van der Waals surface area contributed by atoms with Gasteiger partial charge in [-0.25, -0.2) is 0 Å². The van der Waals surface area contributed by atoms with E-state index in [9.17, 15) is 5.11 Å². The molecule has 1 heterocycles. The fourth-order valence-corrected chi connectivity index (χ4v) is 1.82. The highest BCUT2D eigenvalue weighted by Gasteiger charge is 2.00. The number of anilines is 1. The van der Waals surface area contributed by atoms with Crippen molar-refractivity contribution < 1.29 is 5.11 Å². The minimum absolute atomic E-state index is 0.330. The fraction of sp³-hybridized carbons (Fsp3) is 0.357. The molecular weight excluding hydrogens is 226 g/mol. The Morgan fingerprint density at radius 2 is 2.22 bits per heavy atom. The third-order valence-electron chi connectivity index (χ3n) is 2.83. The van der Waals surface area contributed by atoms with E-state index < -0.39 is 0 Å². The molecule has 4 heteroatoms. The number of aryl methyl sites for hydroxylation is 2. The van der Waals surface area contributed by atoms with Crippen LogP contribution in [0.2, 0.25) is 0 Å². The Kier molecular flexibility index (Phi) is 3.87. The van der Waals surface area contributed by atoms with Gasteiger partial charge in [-0.05, 0) is 37.1 Å². The van der Waals surface area contributed by atoms with Gasteiger partial charge in [-0.1, -0.05) is 6.92 Å². The van der Waals surface area contributed by atoms with E-state index in [2.05, 4.69) is 23.5 Å². The van der Waals surface area contributed by atoms with Gasteiger partial charge in [-0.2, -0.15) is 5.10 Å². The van der Waals surface area contributed by atoms with E-state index in [0.717, 1.165) is 36.3 Å². The van der Waals surface area contributed by atoms with Crippen LogP contribution in [0.15, 0.2) is 30.6 Å². The second-order valence-electron chi connectivity index (χ2n) is 4.47. The molecule has 1 aromatic carbocycles. The summed E-state index contributed by atoms with van der Waals surface area (Å²) in [6.45, 7) is 5.73. The van der Waals surface area contributed by atoms with Crippen molar-refractivity contribution in [1.82, 2.24) is 9.78 Å². The van der Waals surface area contributed by atoms with Crippen molar-refractivity contribution in [1.29, 1.82) is 0 Å². The molecule has 0 aliphatic heterocycles. The zero-order valence-electron chi connectivity index (χ0n) is 10.8. The van der Waals surface area contributed by atoms with Crippen LogP contribution >= 0.6 is 0 Å². The van der Waals surface area contributed by atoms with Crippen LogP contribution in [0.4, 0.5) is 5.69 Å². The van der Waals surface area contributed by atoms with Crippen molar-refractivity contribution in [2.45, 2.75) is 33.4 Å². The molecular formula is C14H19N3O. The molecule has 96 valence electrons. The van der Waals surface area contributed by atoms with Crippen LogP contribution in [0, 0.1) is 6.92 Å². The van der Waals surface area contributed by atoms with Gasteiger partial charge in [0, 0.05) is 30.5 Å². The second-order valence-corrected chi connectivity index (χ2v) is 4.47. The van der Waals surface area contributed by atoms with E-state index in [-0.39, 0.29) is 0 Å². The molecule has 0 amide bonds. The smallest absolute Gasteiger partial charge is 0.118 e. The van der Waals surface area contributed by atoms with Crippen LogP contribution in [0.25, 0.3) is 0 Å². The molecule has 0 saturated carbocycles. The topological polar surface area (TPSA) is 50.1 Å². The molecule has 2 rings (SSSR count). The molecule has 2 aromatic rings. The number of nitrogens with zero attached hydrogens (tertiary/aromatic N) is 2. The predicted octanol–water partition coefficient (Wildman–Crippen LogP) is 2.92.